The molecule has 2 aliphatic rings. The van der Waals surface area contributed by atoms with Crippen LogP contribution in [0, 0.1) is 0 Å². The Bertz CT molecular complexity index is 691. The maximum atomic E-state index is 12.2. The van der Waals surface area contributed by atoms with Gasteiger partial charge in [-0.1, -0.05) is 0 Å². The largest absolute Gasteiger partial charge is 0.457 e. The van der Waals surface area contributed by atoms with E-state index in [-0.39, 0.29) is 17.9 Å². The highest BCUT2D eigenvalue weighted by Gasteiger charge is 2.34. The summed E-state index contributed by atoms with van der Waals surface area (Å²) >= 11 is 0. The molecule has 0 bridgehead atoms. The van der Waals surface area contributed by atoms with Gasteiger partial charge in [-0.2, -0.15) is 0 Å². The third kappa shape index (κ3) is 3.82. The lowest BCUT2D eigenvalue weighted by Crippen LogP contribution is -2.36. The van der Waals surface area contributed by atoms with E-state index in [1.807, 2.05) is 26.8 Å². The van der Waals surface area contributed by atoms with Gasteiger partial charge in [-0.15, -0.1) is 0 Å². The van der Waals surface area contributed by atoms with Crippen LogP contribution in [0.3, 0.4) is 0 Å². The minimum atomic E-state index is -0.511. The number of fused-ring (bicyclic) bond motifs is 2. The van der Waals surface area contributed by atoms with Crippen LogP contribution >= 0.6 is 0 Å². The van der Waals surface area contributed by atoms with Crippen molar-refractivity contribution in [3.05, 3.63) is 29.5 Å². The average molecular weight is 329 g/mol. The molecule has 24 heavy (non-hydrogen) atoms. The minimum absolute atomic E-state index is 0.0239. The number of esters is 1. The van der Waals surface area contributed by atoms with Gasteiger partial charge in [-0.05, 0) is 57.9 Å². The van der Waals surface area contributed by atoms with Crippen molar-refractivity contribution in [3.8, 4) is 0 Å². The maximum absolute atomic E-state index is 12.2. The lowest BCUT2D eigenvalue weighted by Gasteiger charge is -2.19. The molecule has 1 N–H and O–H groups in total. The Morgan fingerprint density at radius 1 is 1.46 bits per heavy atom. The van der Waals surface area contributed by atoms with Crippen molar-refractivity contribution < 1.29 is 14.3 Å². The number of nitrogens with one attached hydrogen (secondary N) is 1. The van der Waals surface area contributed by atoms with Crippen LogP contribution in [-0.4, -0.2) is 39.9 Å². The van der Waals surface area contributed by atoms with Gasteiger partial charge in [0.05, 0.1) is 6.04 Å². The SMILES string of the molecule is CC(C)(C)OC(=O)/C=C/c1cnc2c(c1)CN1CCC[C@@H]1C(=O)N2. The number of anilines is 1. The molecule has 1 amide bonds. The molecule has 3 heterocycles. The number of aromatic nitrogens is 1. The number of ether oxygens (including phenoxy) is 1. The number of nitrogens with zero attached hydrogens (tertiary/aromatic N) is 2. The number of amides is 1. The molecule has 1 aromatic rings. The normalized spacial score (nSPS) is 21.1. The predicted octanol–water partition coefficient (Wildman–Crippen LogP) is 2.35. The fraction of sp³-hybridized carbons (Fsp3) is 0.500. The summed E-state index contributed by atoms with van der Waals surface area (Å²) in [7, 11) is 0. The Morgan fingerprint density at radius 3 is 3.00 bits per heavy atom. The molecule has 128 valence electrons. The number of hydrogen-bond donors (Lipinski definition) is 1. The van der Waals surface area contributed by atoms with Gasteiger partial charge in [0.2, 0.25) is 5.91 Å². The first-order valence-corrected chi connectivity index (χ1v) is 8.27. The van der Waals surface area contributed by atoms with E-state index in [1.165, 1.54) is 6.08 Å². The second kappa shape index (κ2) is 6.36. The summed E-state index contributed by atoms with van der Waals surface area (Å²) in [5, 5.41) is 2.91. The van der Waals surface area contributed by atoms with Gasteiger partial charge < -0.3 is 10.1 Å². The zero-order chi connectivity index (χ0) is 17.3. The molecule has 1 fully saturated rings. The molecule has 6 nitrogen and oxygen atoms in total. The van der Waals surface area contributed by atoms with Crippen molar-refractivity contribution in [2.45, 2.75) is 51.8 Å². The van der Waals surface area contributed by atoms with E-state index in [0.29, 0.717) is 12.4 Å². The van der Waals surface area contributed by atoms with Gasteiger partial charge in [-0.25, -0.2) is 9.78 Å². The Morgan fingerprint density at radius 2 is 2.25 bits per heavy atom. The van der Waals surface area contributed by atoms with Crippen molar-refractivity contribution in [1.82, 2.24) is 9.88 Å². The first kappa shape index (κ1) is 16.6. The minimum Gasteiger partial charge on any atom is -0.457 e. The van der Waals surface area contributed by atoms with Crippen LogP contribution in [0.2, 0.25) is 0 Å². The van der Waals surface area contributed by atoms with Crippen LogP contribution in [-0.2, 0) is 20.9 Å². The first-order valence-electron chi connectivity index (χ1n) is 8.27. The molecule has 6 heteroatoms. The lowest BCUT2D eigenvalue weighted by atomic mass is 10.1. The van der Waals surface area contributed by atoms with Gasteiger partial charge in [-0.3, -0.25) is 9.69 Å². The summed E-state index contributed by atoms with van der Waals surface area (Å²) in [6, 6.07) is 1.91. The molecule has 0 aliphatic carbocycles. The van der Waals surface area contributed by atoms with Crippen molar-refractivity contribution in [1.29, 1.82) is 0 Å². The Hall–Kier alpha value is -2.21. The number of hydrogen-bond acceptors (Lipinski definition) is 5. The molecule has 0 radical (unpaired) electrons. The Labute approximate surface area is 141 Å². The van der Waals surface area contributed by atoms with Gasteiger partial charge in [0.15, 0.2) is 0 Å². The van der Waals surface area contributed by atoms with Gasteiger partial charge in [0.1, 0.15) is 11.4 Å². The molecule has 1 aromatic heterocycles. The summed E-state index contributed by atoms with van der Waals surface area (Å²) in [5.74, 6) is 0.255. The summed E-state index contributed by atoms with van der Waals surface area (Å²) in [6.07, 6.45) is 6.68. The zero-order valence-electron chi connectivity index (χ0n) is 14.3. The van der Waals surface area contributed by atoms with Crippen LogP contribution in [0.5, 0.6) is 0 Å². The molecule has 0 aromatic carbocycles. The molecule has 0 saturated carbocycles. The molecule has 1 atom stereocenters. The highest BCUT2D eigenvalue weighted by molar-refractivity contribution is 5.95. The van der Waals surface area contributed by atoms with E-state index in [9.17, 15) is 9.59 Å². The van der Waals surface area contributed by atoms with E-state index in [0.717, 1.165) is 30.5 Å². The topological polar surface area (TPSA) is 71.5 Å². The fourth-order valence-electron chi connectivity index (χ4n) is 3.08. The van der Waals surface area contributed by atoms with E-state index in [4.69, 9.17) is 4.74 Å². The van der Waals surface area contributed by atoms with Crippen molar-refractivity contribution >= 4 is 23.8 Å². The monoisotopic (exact) mass is 329 g/mol. The van der Waals surface area contributed by atoms with Crippen LogP contribution in [0.4, 0.5) is 5.82 Å². The van der Waals surface area contributed by atoms with Crippen LogP contribution in [0.25, 0.3) is 6.08 Å². The summed E-state index contributed by atoms with van der Waals surface area (Å²) in [6.45, 7) is 7.11. The van der Waals surface area contributed by atoms with E-state index in [2.05, 4.69) is 15.2 Å². The average Bonchev–Trinajstić information content (AvgIpc) is 2.89. The summed E-state index contributed by atoms with van der Waals surface area (Å²) in [5.41, 5.74) is 1.27. The van der Waals surface area contributed by atoms with Gasteiger partial charge in [0, 0.05) is 24.4 Å². The summed E-state index contributed by atoms with van der Waals surface area (Å²) in [4.78, 5) is 30.5. The Balaban J connectivity index is 1.77. The number of pyridine rings is 1. The van der Waals surface area contributed by atoms with Crippen LogP contribution in [0.15, 0.2) is 18.3 Å². The zero-order valence-corrected chi connectivity index (χ0v) is 14.3. The van der Waals surface area contributed by atoms with E-state index in [1.54, 1.807) is 12.3 Å². The smallest absolute Gasteiger partial charge is 0.331 e. The maximum Gasteiger partial charge on any atom is 0.331 e. The second-order valence-corrected chi connectivity index (χ2v) is 7.26. The Kier molecular flexibility index (Phi) is 4.41. The third-order valence-corrected chi connectivity index (χ3v) is 4.09. The predicted molar refractivity (Wildman–Crippen MR) is 91.2 cm³/mol. The van der Waals surface area contributed by atoms with Gasteiger partial charge >= 0.3 is 5.97 Å². The number of carbonyl (C=O) groups is 2. The molecule has 0 spiro atoms. The van der Waals surface area contributed by atoms with Crippen LogP contribution in [0.1, 0.15) is 44.7 Å². The molecule has 1 saturated heterocycles. The second-order valence-electron chi connectivity index (χ2n) is 7.26. The number of rotatable bonds is 2. The molecule has 0 unspecified atom stereocenters. The van der Waals surface area contributed by atoms with Crippen LogP contribution < -0.4 is 5.32 Å². The molecule has 3 rings (SSSR count). The molecular formula is C18H23N3O3. The van der Waals surface area contributed by atoms with E-state index >= 15 is 0 Å². The van der Waals surface area contributed by atoms with Crippen molar-refractivity contribution in [2.75, 3.05) is 11.9 Å². The van der Waals surface area contributed by atoms with Crippen molar-refractivity contribution in [3.63, 3.8) is 0 Å². The number of carbonyl (C=O) groups excluding carboxylic acids is 2. The lowest BCUT2D eigenvalue weighted by molar-refractivity contribution is -0.148. The third-order valence-electron chi connectivity index (χ3n) is 4.09. The van der Waals surface area contributed by atoms with E-state index < -0.39 is 5.60 Å². The highest BCUT2D eigenvalue weighted by atomic mass is 16.6. The molecule has 2 aliphatic heterocycles. The summed E-state index contributed by atoms with van der Waals surface area (Å²) < 4.78 is 5.25. The highest BCUT2D eigenvalue weighted by Crippen LogP contribution is 2.28. The fourth-order valence-corrected chi connectivity index (χ4v) is 3.08. The first-order chi connectivity index (χ1) is 11.3. The standard InChI is InChI=1S/C18H23N3O3/c1-18(2,3)24-15(22)7-6-12-9-13-11-21-8-4-5-14(21)17(23)20-16(13)19-10-12/h6-7,9-10,14H,4-5,8,11H2,1-3H3,(H,19,20,23)/b7-6+/t14-/m1/s1. The quantitative estimate of drug-likeness (QED) is 0.666. The van der Waals surface area contributed by atoms with Crippen molar-refractivity contribution in [2.24, 2.45) is 0 Å². The van der Waals surface area contributed by atoms with Gasteiger partial charge in [0.25, 0.3) is 0 Å². The molecular weight excluding hydrogens is 306 g/mol.